The van der Waals surface area contributed by atoms with Gasteiger partial charge in [0.2, 0.25) is 5.91 Å². The van der Waals surface area contributed by atoms with Crippen LogP contribution in [-0.4, -0.2) is 39.5 Å². The third kappa shape index (κ3) is 8.39. The Bertz CT molecular complexity index is 1770. The first kappa shape index (κ1) is 31.2. The van der Waals surface area contributed by atoms with E-state index in [-0.39, 0.29) is 39.7 Å². The maximum Gasteiger partial charge on any atom is 0.335 e. The van der Waals surface area contributed by atoms with Gasteiger partial charge in [0.1, 0.15) is 5.70 Å². The van der Waals surface area contributed by atoms with Gasteiger partial charge in [-0.3, -0.25) is 24.5 Å². The number of benzene rings is 4. The van der Waals surface area contributed by atoms with Crippen LogP contribution in [0.1, 0.15) is 31.8 Å². The standard InChI is InChI=1S/C32H26N4O7S/c1-20-14-15-23(32(40)41)17-26(20)34-29(37)19-44-25-12-7-11-24(18-25)33-31(39)27(35-30(38)21-8-3-2-4-9-21)16-22-10-5-6-13-28(22)36(42)43/h2-18H,19H2,1H3,(H,33,39)(H,34,37)(H,35,38)(H,40,41)/b27-16+. The molecule has 0 aliphatic heterocycles. The summed E-state index contributed by atoms with van der Waals surface area (Å²) in [6, 6.07) is 25.1. The van der Waals surface area contributed by atoms with Crippen LogP contribution in [0, 0.1) is 17.0 Å². The van der Waals surface area contributed by atoms with Gasteiger partial charge in [0.05, 0.1) is 21.8 Å². The summed E-state index contributed by atoms with van der Waals surface area (Å²) in [5, 5.41) is 28.7. The van der Waals surface area contributed by atoms with Gasteiger partial charge in [0.25, 0.3) is 17.5 Å². The molecule has 0 heterocycles. The third-order valence-corrected chi connectivity index (χ3v) is 7.18. The molecule has 0 aliphatic rings. The minimum absolute atomic E-state index is 0.00407. The molecule has 0 radical (unpaired) electrons. The number of hydrogen-bond acceptors (Lipinski definition) is 7. The molecule has 0 bridgehead atoms. The lowest BCUT2D eigenvalue weighted by Gasteiger charge is -2.12. The van der Waals surface area contributed by atoms with Gasteiger partial charge in [-0.2, -0.15) is 0 Å². The van der Waals surface area contributed by atoms with Crippen LogP contribution in [0.5, 0.6) is 0 Å². The SMILES string of the molecule is Cc1ccc(C(=O)O)cc1NC(=O)CSc1cccc(NC(=O)/C(=C\c2ccccc2[N+](=O)[O-])NC(=O)c2ccccc2)c1. The van der Waals surface area contributed by atoms with Crippen LogP contribution in [0.3, 0.4) is 0 Å². The molecule has 4 aromatic carbocycles. The van der Waals surface area contributed by atoms with Gasteiger partial charge in [-0.1, -0.05) is 42.5 Å². The average molecular weight is 611 g/mol. The number of para-hydroxylation sites is 1. The molecule has 11 nitrogen and oxygen atoms in total. The second-order valence-corrected chi connectivity index (χ2v) is 10.4. The van der Waals surface area contributed by atoms with Gasteiger partial charge >= 0.3 is 5.97 Å². The predicted molar refractivity (Wildman–Crippen MR) is 168 cm³/mol. The van der Waals surface area contributed by atoms with E-state index in [0.29, 0.717) is 21.8 Å². The Hall–Kier alpha value is -5.75. The molecule has 222 valence electrons. The molecule has 0 fully saturated rings. The number of hydrogen-bond donors (Lipinski definition) is 4. The number of carboxylic acids is 1. The number of nitro benzene ring substituents is 1. The summed E-state index contributed by atoms with van der Waals surface area (Å²) in [7, 11) is 0. The first-order valence-electron chi connectivity index (χ1n) is 13.1. The van der Waals surface area contributed by atoms with Crippen LogP contribution in [0.25, 0.3) is 6.08 Å². The van der Waals surface area contributed by atoms with E-state index in [4.69, 9.17) is 0 Å². The fourth-order valence-electron chi connectivity index (χ4n) is 3.96. The second kappa shape index (κ2) is 14.4. The minimum Gasteiger partial charge on any atom is -0.478 e. The van der Waals surface area contributed by atoms with E-state index in [1.54, 1.807) is 73.7 Å². The molecular weight excluding hydrogens is 584 g/mol. The van der Waals surface area contributed by atoms with Crippen molar-refractivity contribution < 1.29 is 29.2 Å². The summed E-state index contributed by atoms with van der Waals surface area (Å²) >= 11 is 1.19. The summed E-state index contributed by atoms with van der Waals surface area (Å²) in [5.74, 6) is -2.75. The third-order valence-electron chi connectivity index (χ3n) is 6.18. The summed E-state index contributed by atoms with van der Waals surface area (Å²) < 4.78 is 0. The fourth-order valence-corrected chi connectivity index (χ4v) is 4.72. The zero-order chi connectivity index (χ0) is 31.6. The molecular formula is C32H26N4O7S. The Kier molecular flexibility index (Phi) is 10.2. The summed E-state index contributed by atoms with van der Waals surface area (Å²) in [6.45, 7) is 1.75. The van der Waals surface area contributed by atoms with Crippen LogP contribution in [0.2, 0.25) is 0 Å². The lowest BCUT2D eigenvalue weighted by molar-refractivity contribution is -0.385. The summed E-state index contributed by atoms with van der Waals surface area (Å²) in [4.78, 5) is 61.7. The number of nitrogens with one attached hydrogen (secondary N) is 3. The Balaban J connectivity index is 1.49. The first-order chi connectivity index (χ1) is 21.1. The van der Waals surface area contributed by atoms with E-state index in [1.165, 1.54) is 48.2 Å². The Labute approximate surface area is 256 Å². The Morgan fingerprint density at radius 2 is 1.59 bits per heavy atom. The van der Waals surface area contributed by atoms with Crippen molar-refractivity contribution in [1.29, 1.82) is 0 Å². The molecule has 0 aromatic heterocycles. The highest BCUT2D eigenvalue weighted by Gasteiger charge is 2.19. The zero-order valence-electron chi connectivity index (χ0n) is 23.3. The molecule has 0 spiro atoms. The average Bonchev–Trinajstić information content (AvgIpc) is 3.01. The normalized spacial score (nSPS) is 10.9. The Morgan fingerprint density at radius 3 is 2.32 bits per heavy atom. The van der Waals surface area contributed by atoms with Gasteiger partial charge in [0.15, 0.2) is 0 Å². The van der Waals surface area contributed by atoms with E-state index in [1.807, 2.05) is 0 Å². The maximum atomic E-state index is 13.4. The monoisotopic (exact) mass is 610 g/mol. The van der Waals surface area contributed by atoms with E-state index < -0.39 is 22.7 Å². The highest BCUT2D eigenvalue weighted by atomic mass is 32.2. The van der Waals surface area contributed by atoms with Crippen molar-refractivity contribution >= 4 is 58.6 Å². The summed E-state index contributed by atoms with van der Waals surface area (Å²) in [6.07, 6.45) is 1.23. The van der Waals surface area contributed by atoms with Gasteiger partial charge in [-0.25, -0.2) is 4.79 Å². The number of nitro groups is 1. The maximum absolute atomic E-state index is 13.4. The lowest BCUT2D eigenvalue weighted by Crippen LogP contribution is -2.30. The summed E-state index contributed by atoms with van der Waals surface area (Å²) in [5.41, 5.74) is 1.46. The number of carbonyl (C=O) groups is 4. The van der Waals surface area contributed by atoms with Crippen molar-refractivity contribution in [2.24, 2.45) is 0 Å². The largest absolute Gasteiger partial charge is 0.478 e. The smallest absolute Gasteiger partial charge is 0.335 e. The number of amides is 3. The van der Waals surface area contributed by atoms with Gasteiger partial charge in [-0.05, 0) is 67.1 Å². The number of anilines is 2. The molecule has 44 heavy (non-hydrogen) atoms. The van der Waals surface area contributed by atoms with Crippen LogP contribution in [0.15, 0.2) is 108 Å². The Morgan fingerprint density at radius 1 is 0.864 bits per heavy atom. The first-order valence-corrected chi connectivity index (χ1v) is 14.1. The molecule has 4 N–H and O–H groups in total. The fraction of sp³-hybridized carbons (Fsp3) is 0.0625. The van der Waals surface area contributed by atoms with E-state index in [2.05, 4.69) is 16.0 Å². The van der Waals surface area contributed by atoms with E-state index in [9.17, 15) is 34.4 Å². The molecule has 4 rings (SSSR count). The van der Waals surface area contributed by atoms with Crippen molar-refractivity contribution in [2.45, 2.75) is 11.8 Å². The quantitative estimate of drug-likeness (QED) is 0.0721. The van der Waals surface area contributed by atoms with Crippen LogP contribution >= 0.6 is 11.8 Å². The number of aromatic carboxylic acids is 1. The zero-order valence-corrected chi connectivity index (χ0v) is 24.1. The van der Waals surface area contributed by atoms with Crippen molar-refractivity contribution in [3.8, 4) is 0 Å². The van der Waals surface area contributed by atoms with Gasteiger partial charge < -0.3 is 21.1 Å². The van der Waals surface area contributed by atoms with Crippen LogP contribution in [-0.2, 0) is 9.59 Å². The molecule has 0 saturated carbocycles. The lowest BCUT2D eigenvalue weighted by atomic mass is 10.1. The van der Waals surface area contributed by atoms with E-state index in [0.717, 1.165) is 0 Å². The van der Waals surface area contributed by atoms with Crippen molar-refractivity contribution in [2.75, 3.05) is 16.4 Å². The molecule has 12 heteroatoms. The number of aryl methyl sites for hydroxylation is 1. The van der Waals surface area contributed by atoms with Crippen LogP contribution in [0.4, 0.5) is 17.1 Å². The molecule has 0 unspecified atom stereocenters. The number of carbonyl (C=O) groups excluding carboxylic acids is 3. The van der Waals surface area contributed by atoms with Gasteiger partial charge in [-0.15, -0.1) is 11.8 Å². The van der Waals surface area contributed by atoms with E-state index >= 15 is 0 Å². The minimum atomic E-state index is -1.10. The highest BCUT2D eigenvalue weighted by Crippen LogP contribution is 2.24. The molecule has 3 amide bonds. The number of thioether (sulfide) groups is 1. The molecule has 0 saturated heterocycles. The molecule has 0 aliphatic carbocycles. The predicted octanol–water partition coefficient (Wildman–Crippen LogP) is 5.74. The highest BCUT2D eigenvalue weighted by molar-refractivity contribution is 8.00. The second-order valence-electron chi connectivity index (χ2n) is 9.35. The molecule has 4 aromatic rings. The van der Waals surface area contributed by atoms with Crippen molar-refractivity contribution in [1.82, 2.24) is 5.32 Å². The molecule has 0 atom stereocenters. The number of nitrogens with zero attached hydrogens (tertiary/aromatic N) is 1. The van der Waals surface area contributed by atoms with Crippen molar-refractivity contribution in [3.05, 3.63) is 135 Å². The number of rotatable bonds is 11. The number of carboxylic acid groups (broad SMARTS) is 1. The van der Waals surface area contributed by atoms with Crippen LogP contribution < -0.4 is 16.0 Å². The van der Waals surface area contributed by atoms with Gasteiger partial charge in [0, 0.05) is 27.9 Å². The van der Waals surface area contributed by atoms with Crippen molar-refractivity contribution in [3.63, 3.8) is 0 Å². The topological polar surface area (TPSA) is 168 Å².